The Morgan fingerprint density at radius 1 is 1.38 bits per heavy atom. The Balaban J connectivity index is 1.77. The van der Waals surface area contributed by atoms with Crippen LogP contribution in [0.25, 0.3) is 10.2 Å². The average Bonchev–Trinajstić information content (AvgIpc) is 2.82. The molecule has 0 radical (unpaired) electrons. The average molecular weight is 300 g/mol. The van der Waals surface area contributed by atoms with Crippen molar-refractivity contribution >= 4 is 32.6 Å². The lowest BCUT2D eigenvalue weighted by Crippen LogP contribution is -2.28. The van der Waals surface area contributed by atoms with Crippen molar-refractivity contribution in [2.45, 2.75) is 13.5 Å². The van der Waals surface area contributed by atoms with Crippen molar-refractivity contribution in [2.75, 3.05) is 5.32 Å². The molecular formula is C14H12N4O2S. The minimum absolute atomic E-state index is 0.130. The zero-order chi connectivity index (χ0) is 14.8. The van der Waals surface area contributed by atoms with Gasteiger partial charge >= 0.3 is 0 Å². The minimum atomic E-state index is -0.327. The number of hydrogen-bond acceptors (Lipinski definition) is 5. The Bertz CT molecular complexity index is 869. The van der Waals surface area contributed by atoms with Gasteiger partial charge in [-0.05, 0) is 30.7 Å². The molecule has 0 aliphatic heterocycles. The largest absolute Gasteiger partial charge is 0.300 e. The predicted molar refractivity (Wildman–Crippen MR) is 81.5 cm³/mol. The summed E-state index contributed by atoms with van der Waals surface area (Å²) in [5.41, 5.74) is 1.67. The number of aryl methyl sites for hydroxylation is 1. The van der Waals surface area contributed by atoms with Gasteiger partial charge in [0.2, 0.25) is 5.91 Å². The molecule has 0 fully saturated rings. The number of thiazole rings is 1. The van der Waals surface area contributed by atoms with E-state index >= 15 is 0 Å². The summed E-state index contributed by atoms with van der Waals surface area (Å²) in [6.45, 7) is 1.87. The standard InChI is InChI=1S/C14H12N4O2S/c1-9-4-5-10-11(7-9)21-14(16-10)17-12(19)8-18-13(20)3-2-6-15-18/h2-7H,8H2,1H3,(H,16,17,19). The Hall–Kier alpha value is -2.54. The van der Waals surface area contributed by atoms with E-state index in [1.165, 1.54) is 29.7 Å². The number of rotatable bonds is 3. The first-order valence-electron chi connectivity index (χ1n) is 6.31. The van der Waals surface area contributed by atoms with Gasteiger partial charge in [0.1, 0.15) is 6.54 Å². The highest BCUT2D eigenvalue weighted by atomic mass is 32.1. The van der Waals surface area contributed by atoms with Crippen LogP contribution in [0.15, 0.2) is 41.3 Å². The van der Waals surface area contributed by atoms with Gasteiger partial charge in [-0.1, -0.05) is 17.4 Å². The fourth-order valence-electron chi connectivity index (χ4n) is 1.89. The summed E-state index contributed by atoms with van der Waals surface area (Å²) < 4.78 is 2.12. The second-order valence-electron chi connectivity index (χ2n) is 4.56. The molecule has 1 N–H and O–H groups in total. The van der Waals surface area contributed by atoms with Crippen molar-refractivity contribution in [3.8, 4) is 0 Å². The maximum atomic E-state index is 11.9. The zero-order valence-corrected chi connectivity index (χ0v) is 12.1. The van der Waals surface area contributed by atoms with Gasteiger partial charge in [0, 0.05) is 12.3 Å². The molecule has 0 aliphatic carbocycles. The lowest BCUT2D eigenvalue weighted by Gasteiger charge is -2.02. The summed E-state index contributed by atoms with van der Waals surface area (Å²) in [7, 11) is 0. The number of fused-ring (bicyclic) bond motifs is 1. The van der Waals surface area contributed by atoms with E-state index < -0.39 is 0 Å². The van der Waals surface area contributed by atoms with Gasteiger partial charge < -0.3 is 5.32 Å². The van der Waals surface area contributed by atoms with E-state index in [1.54, 1.807) is 0 Å². The van der Waals surface area contributed by atoms with Crippen LogP contribution in [0.4, 0.5) is 5.13 Å². The van der Waals surface area contributed by atoms with Crippen LogP contribution in [0, 0.1) is 6.92 Å². The number of amides is 1. The molecule has 0 aliphatic rings. The topological polar surface area (TPSA) is 76.9 Å². The zero-order valence-electron chi connectivity index (χ0n) is 11.2. The normalized spacial score (nSPS) is 10.7. The van der Waals surface area contributed by atoms with Crippen molar-refractivity contribution in [1.82, 2.24) is 14.8 Å². The Kier molecular flexibility index (Phi) is 3.49. The predicted octanol–water partition coefficient (Wildman–Crippen LogP) is 1.80. The van der Waals surface area contributed by atoms with Gasteiger partial charge in [0.05, 0.1) is 10.2 Å². The molecule has 0 unspecified atom stereocenters. The van der Waals surface area contributed by atoms with Crippen LogP contribution in [0.1, 0.15) is 5.56 Å². The van der Waals surface area contributed by atoms with E-state index in [4.69, 9.17) is 0 Å². The third-order valence-electron chi connectivity index (χ3n) is 2.87. The Morgan fingerprint density at radius 2 is 2.24 bits per heavy atom. The maximum Gasteiger partial charge on any atom is 0.267 e. The molecule has 2 heterocycles. The van der Waals surface area contributed by atoms with Crippen molar-refractivity contribution < 1.29 is 4.79 Å². The van der Waals surface area contributed by atoms with Gasteiger partial charge in [-0.2, -0.15) is 5.10 Å². The molecule has 0 saturated heterocycles. The summed E-state index contributed by atoms with van der Waals surface area (Å²) in [5.74, 6) is -0.327. The highest BCUT2D eigenvalue weighted by Gasteiger charge is 2.09. The molecule has 0 atom stereocenters. The number of nitrogens with zero attached hydrogens (tertiary/aromatic N) is 3. The van der Waals surface area contributed by atoms with Crippen LogP contribution < -0.4 is 10.9 Å². The quantitative estimate of drug-likeness (QED) is 0.800. The van der Waals surface area contributed by atoms with Crippen LogP contribution in [0.5, 0.6) is 0 Å². The van der Waals surface area contributed by atoms with Gasteiger partial charge in [0.15, 0.2) is 5.13 Å². The molecule has 2 aromatic heterocycles. The molecule has 106 valence electrons. The van der Waals surface area contributed by atoms with Crippen molar-refractivity contribution in [1.29, 1.82) is 0 Å². The Labute approximate surface area is 124 Å². The fraction of sp³-hybridized carbons (Fsp3) is 0.143. The van der Waals surface area contributed by atoms with E-state index in [1.807, 2.05) is 25.1 Å². The molecule has 0 bridgehead atoms. The second-order valence-corrected chi connectivity index (χ2v) is 5.59. The third-order valence-corrected chi connectivity index (χ3v) is 3.80. The third kappa shape index (κ3) is 2.97. The highest BCUT2D eigenvalue weighted by molar-refractivity contribution is 7.22. The molecule has 1 aromatic carbocycles. The first-order valence-corrected chi connectivity index (χ1v) is 7.13. The minimum Gasteiger partial charge on any atom is -0.300 e. The number of benzene rings is 1. The number of nitrogens with one attached hydrogen (secondary N) is 1. The lowest BCUT2D eigenvalue weighted by molar-refractivity contribution is -0.117. The summed E-state index contributed by atoms with van der Waals surface area (Å²) in [6.07, 6.45) is 1.47. The monoisotopic (exact) mass is 300 g/mol. The van der Waals surface area contributed by atoms with Crippen LogP contribution in [0.3, 0.4) is 0 Å². The molecule has 0 spiro atoms. The number of anilines is 1. The first-order chi connectivity index (χ1) is 10.1. The van der Waals surface area contributed by atoms with E-state index in [0.29, 0.717) is 5.13 Å². The number of carbonyl (C=O) groups excluding carboxylic acids is 1. The lowest BCUT2D eigenvalue weighted by atomic mass is 10.2. The molecular weight excluding hydrogens is 288 g/mol. The van der Waals surface area contributed by atoms with Crippen LogP contribution in [-0.2, 0) is 11.3 Å². The molecule has 3 rings (SSSR count). The van der Waals surface area contributed by atoms with E-state index in [0.717, 1.165) is 20.5 Å². The smallest absolute Gasteiger partial charge is 0.267 e. The van der Waals surface area contributed by atoms with E-state index in [2.05, 4.69) is 15.4 Å². The second kappa shape index (κ2) is 5.45. The summed E-state index contributed by atoms with van der Waals surface area (Å²) in [4.78, 5) is 27.8. The van der Waals surface area contributed by atoms with Crippen LogP contribution in [-0.4, -0.2) is 20.7 Å². The number of aromatic nitrogens is 3. The molecule has 7 heteroatoms. The maximum absolute atomic E-state index is 11.9. The summed E-state index contributed by atoms with van der Waals surface area (Å²) in [6, 6.07) is 8.81. The van der Waals surface area contributed by atoms with Gasteiger partial charge in [-0.25, -0.2) is 9.67 Å². The van der Waals surface area contributed by atoms with Crippen molar-refractivity contribution in [2.24, 2.45) is 0 Å². The molecule has 3 aromatic rings. The highest BCUT2D eigenvalue weighted by Crippen LogP contribution is 2.26. The molecule has 21 heavy (non-hydrogen) atoms. The van der Waals surface area contributed by atoms with Crippen molar-refractivity contribution in [3.05, 3.63) is 52.4 Å². The van der Waals surface area contributed by atoms with Crippen LogP contribution >= 0.6 is 11.3 Å². The van der Waals surface area contributed by atoms with Gasteiger partial charge in [0.25, 0.3) is 5.56 Å². The first kappa shape index (κ1) is 13.4. The van der Waals surface area contributed by atoms with Crippen LogP contribution in [0.2, 0.25) is 0 Å². The number of carbonyl (C=O) groups is 1. The summed E-state index contributed by atoms with van der Waals surface area (Å²) >= 11 is 1.40. The molecule has 1 amide bonds. The van der Waals surface area contributed by atoms with Crippen molar-refractivity contribution in [3.63, 3.8) is 0 Å². The van der Waals surface area contributed by atoms with Gasteiger partial charge in [-0.3, -0.25) is 9.59 Å². The SMILES string of the molecule is Cc1ccc2nc(NC(=O)Cn3ncccc3=O)sc2c1. The van der Waals surface area contributed by atoms with Gasteiger partial charge in [-0.15, -0.1) is 0 Å². The fourth-order valence-corrected chi connectivity index (χ4v) is 2.87. The Morgan fingerprint density at radius 3 is 3.05 bits per heavy atom. The molecule has 0 saturated carbocycles. The van der Waals surface area contributed by atoms with E-state index in [-0.39, 0.29) is 18.0 Å². The molecule has 6 nitrogen and oxygen atoms in total. The van der Waals surface area contributed by atoms with E-state index in [9.17, 15) is 9.59 Å². The summed E-state index contributed by atoms with van der Waals surface area (Å²) in [5, 5.41) is 7.05. The number of hydrogen-bond donors (Lipinski definition) is 1.